The van der Waals surface area contributed by atoms with E-state index < -0.39 is 0 Å². The molecule has 1 aromatic carbocycles. The van der Waals surface area contributed by atoms with Crippen LogP contribution < -0.4 is 0 Å². The van der Waals surface area contributed by atoms with Crippen molar-refractivity contribution in [2.24, 2.45) is 0 Å². The lowest BCUT2D eigenvalue weighted by molar-refractivity contribution is 1.21. The molecule has 0 aliphatic rings. The van der Waals surface area contributed by atoms with E-state index in [2.05, 4.69) is 11.1 Å². The van der Waals surface area contributed by atoms with E-state index in [1.165, 1.54) is 0 Å². The van der Waals surface area contributed by atoms with Crippen molar-refractivity contribution in [2.75, 3.05) is 0 Å². The van der Waals surface area contributed by atoms with Gasteiger partial charge < -0.3 is 0 Å². The molecule has 0 aliphatic carbocycles. The first-order valence-corrected chi connectivity index (χ1v) is 6.71. The first kappa shape index (κ1) is 14.4. The zero-order chi connectivity index (χ0) is 14.0. The maximum Gasteiger partial charge on any atom is 0.129 e. The van der Waals surface area contributed by atoms with Gasteiger partial charge in [0, 0.05) is 17.3 Å². The van der Waals surface area contributed by atoms with E-state index in [0.717, 1.165) is 11.1 Å². The molecule has 0 N–H and O–H groups in total. The highest BCUT2D eigenvalue weighted by molar-refractivity contribution is 6.49. The normalized spacial score (nSPS) is 10.3. The van der Waals surface area contributed by atoms with E-state index in [9.17, 15) is 0 Å². The molecule has 0 unspecified atom stereocenters. The summed E-state index contributed by atoms with van der Waals surface area (Å²) >= 11 is 23.9. The molecule has 2 nitrogen and oxygen atoms in total. The lowest BCUT2D eigenvalue weighted by atomic mass is 10.0. The molecule has 0 atom stereocenters. The second-order valence-corrected chi connectivity index (χ2v) is 5.27. The lowest BCUT2D eigenvalue weighted by Crippen LogP contribution is -1.92. The minimum atomic E-state index is 0.203. The van der Waals surface area contributed by atoms with Crippen molar-refractivity contribution >= 4 is 46.4 Å². The Hall–Kier alpha value is -0.980. The van der Waals surface area contributed by atoms with Gasteiger partial charge in [-0.1, -0.05) is 52.5 Å². The van der Waals surface area contributed by atoms with E-state index >= 15 is 0 Å². The smallest absolute Gasteiger partial charge is 0.129 e. The molecule has 19 heavy (non-hydrogen) atoms. The minimum absolute atomic E-state index is 0.203. The van der Waals surface area contributed by atoms with Crippen molar-refractivity contribution in [3.8, 4) is 17.2 Å². The molecular weight excluding hydrogens is 326 g/mol. The van der Waals surface area contributed by atoms with E-state index in [0.29, 0.717) is 20.8 Å². The fourth-order valence-corrected chi connectivity index (χ4v) is 2.49. The Morgan fingerprint density at radius 3 is 2.47 bits per heavy atom. The number of nitrogens with zero attached hydrogens (tertiary/aromatic N) is 2. The Bertz CT molecular complexity index is 677. The van der Waals surface area contributed by atoms with Crippen LogP contribution in [0.1, 0.15) is 5.56 Å². The predicted molar refractivity (Wildman–Crippen MR) is 79.0 cm³/mol. The average molecular weight is 332 g/mol. The van der Waals surface area contributed by atoms with Gasteiger partial charge in [-0.15, -0.1) is 0 Å². The molecule has 0 spiro atoms. The van der Waals surface area contributed by atoms with E-state index in [4.69, 9.17) is 51.7 Å². The van der Waals surface area contributed by atoms with Crippen molar-refractivity contribution in [2.45, 2.75) is 6.42 Å². The molecule has 96 valence electrons. The van der Waals surface area contributed by atoms with Crippen LogP contribution >= 0.6 is 46.4 Å². The standard InChI is InChI=1S/C13H6Cl4N2/c14-10-2-1-8(12(16)13(10)17)9-6-19-11(15)5-7(9)3-4-18/h1-2,5-6H,3H2. The van der Waals surface area contributed by atoms with Crippen molar-refractivity contribution in [3.63, 3.8) is 0 Å². The van der Waals surface area contributed by atoms with Crippen LogP contribution in [0.4, 0.5) is 0 Å². The average Bonchev–Trinajstić information content (AvgIpc) is 2.38. The van der Waals surface area contributed by atoms with Crippen molar-refractivity contribution in [3.05, 3.63) is 50.2 Å². The number of benzene rings is 1. The van der Waals surface area contributed by atoms with Crippen LogP contribution in [0.2, 0.25) is 20.2 Å². The van der Waals surface area contributed by atoms with Crippen molar-refractivity contribution < 1.29 is 0 Å². The highest BCUT2D eigenvalue weighted by Crippen LogP contribution is 2.39. The zero-order valence-corrected chi connectivity index (χ0v) is 12.4. The third kappa shape index (κ3) is 2.96. The fraction of sp³-hybridized carbons (Fsp3) is 0.0769. The number of pyridine rings is 1. The molecular formula is C13H6Cl4N2. The van der Waals surface area contributed by atoms with Gasteiger partial charge in [0.25, 0.3) is 0 Å². The maximum absolute atomic E-state index is 8.86. The lowest BCUT2D eigenvalue weighted by Gasteiger charge is -2.10. The first-order valence-electron chi connectivity index (χ1n) is 5.20. The molecule has 0 saturated heterocycles. The second kappa shape index (κ2) is 5.98. The third-order valence-corrected chi connectivity index (χ3v) is 4.05. The van der Waals surface area contributed by atoms with Gasteiger partial charge >= 0.3 is 0 Å². The zero-order valence-electron chi connectivity index (χ0n) is 9.42. The minimum Gasteiger partial charge on any atom is -0.244 e. The largest absolute Gasteiger partial charge is 0.244 e. The molecule has 0 radical (unpaired) electrons. The fourth-order valence-electron chi connectivity index (χ4n) is 1.68. The summed E-state index contributed by atoms with van der Waals surface area (Å²) in [7, 11) is 0. The van der Waals surface area contributed by atoms with Gasteiger partial charge in [0.1, 0.15) is 5.15 Å². The number of hydrogen-bond donors (Lipinski definition) is 0. The highest BCUT2D eigenvalue weighted by Gasteiger charge is 2.14. The van der Waals surface area contributed by atoms with Gasteiger partial charge in [-0.3, -0.25) is 0 Å². The van der Waals surface area contributed by atoms with Crippen LogP contribution in [0.15, 0.2) is 24.4 Å². The van der Waals surface area contributed by atoms with Gasteiger partial charge in [-0.25, -0.2) is 4.98 Å². The maximum atomic E-state index is 8.86. The second-order valence-electron chi connectivity index (χ2n) is 3.72. The summed E-state index contributed by atoms with van der Waals surface area (Å²) in [6, 6.07) is 7.10. The molecule has 0 amide bonds. The quantitative estimate of drug-likeness (QED) is 0.543. The van der Waals surface area contributed by atoms with Gasteiger partial charge in [-0.05, 0) is 17.7 Å². The number of nitriles is 1. The van der Waals surface area contributed by atoms with Gasteiger partial charge in [0.05, 0.1) is 27.6 Å². The van der Waals surface area contributed by atoms with Crippen LogP contribution in [0, 0.1) is 11.3 Å². The summed E-state index contributed by atoms with van der Waals surface area (Å²) in [6.45, 7) is 0. The molecule has 1 heterocycles. The van der Waals surface area contributed by atoms with Crippen molar-refractivity contribution in [1.29, 1.82) is 5.26 Å². The molecule has 2 aromatic rings. The molecule has 2 rings (SSSR count). The van der Waals surface area contributed by atoms with Gasteiger partial charge in [0.15, 0.2) is 0 Å². The van der Waals surface area contributed by atoms with E-state index in [-0.39, 0.29) is 11.4 Å². The summed E-state index contributed by atoms with van der Waals surface area (Å²) < 4.78 is 0. The van der Waals surface area contributed by atoms with Crippen LogP contribution in [0.25, 0.3) is 11.1 Å². The van der Waals surface area contributed by atoms with Gasteiger partial charge in [-0.2, -0.15) is 5.26 Å². The molecule has 0 aliphatic heterocycles. The Morgan fingerprint density at radius 1 is 1.05 bits per heavy atom. The van der Waals surface area contributed by atoms with Crippen LogP contribution in [-0.4, -0.2) is 4.98 Å². The van der Waals surface area contributed by atoms with E-state index in [1.807, 2.05) is 0 Å². The monoisotopic (exact) mass is 330 g/mol. The molecule has 1 aromatic heterocycles. The summed E-state index contributed by atoms with van der Waals surface area (Å²) in [5.41, 5.74) is 2.13. The summed E-state index contributed by atoms with van der Waals surface area (Å²) in [4.78, 5) is 4.01. The molecule has 0 saturated carbocycles. The summed E-state index contributed by atoms with van der Waals surface area (Å²) in [5.74, 6) is 0. The van der Waals surface area contributed by atoms with Crippen LogP contribution in [-0.2, 0) is 6.42 Å². The molecule has 0 fully saturated rings. The van der Waals surface area contributed by atoms with E-state index in [1.54, 1.807) is 24.4 Å². The third-order valence-electron chi connectivity index (χ3n) is 2.55. The van der Waals surface area contributed by atoms with Crippen molar-refractivity contribution in [1.82, 2.24) is 4.98 Å². The molecule has 0 bridgehead atoms. The Balaban J connectivity index is 2.66. The Morgan fingerprint density at radius 2 is 1.79 bits per heavy atom. The SMILES string of the molecule is N#CCc1cc(Cl)ncc1-c1ccc(Cl)c(Cl)c1Cl. The molecule has 6 heteroatoms. The number of halogens is 4. The Labute approximate surface area is 130 Å². The van der Waals surface area contributed by atoms with Crippen LogP contribution in [0.5, 0.6) is 0 Å². The number of hydrogen-bond acceptors (Lipinski definition) is 2. The van der Waals surface area contributed by atoms with Crippen LogP contribution in [0.3, 0.4) is 0 Å². The Kier molecular flexibility index (Phi) is 4.54. The summed E-state index contributed by atoms with van der Waals surface area (Å²) in [6.07, 6.45) is 1.77. The highest BCUT2D eigenvalue weighted by atomic mass is 35.5. The van der Waals surface area contributed by atoms with Gasteiger partial charge in [0.2, 0.25) is 0 Å². The number of aromatic nitrogens is 1. The first-order chi connectivity index (χ1) is 9.04. The summed E-state index contributed by atoms with van der Waals surface area (Å²) in [5, 5.41) is 10.2. The topological polar surface area (TPSA) is 36.7 Å². The predicted octanol–water partition coefficient (Wildman–Crippen LogP) is 5.43. The number of rotatable bonds is 2.